The molecule has 0 radical (unpaired) electrons. The summed E-state index contributed by atoms with van der Waals surface area (Å²) in [6.07, 6.45) is 0. The number of methoxy groups -OCH3 is 1. The third kappa shape index (κ3) is 3.19. The van der Waals surface area contributed by atoms with Gasteiger partial charge in [-0.3, -0.25) is 0 Å². The molecule has 1 aliphatic heterocycles. The smallest absolute Gasteiger partial charge is 0.118 e. The molecule has 2 rings (SSSR count). The van der Waals surface area contributed by atoms with Gasteiger partial charge in [0.1, 0.15) is 5.75 Å². The minimum absolute atomic E-state index is 0.363. The van der Waals surface area contributed by atoms with Crippen LogP contribution in [0.2, 0.25) is 0 Å². The molecule has 3 nitrogen and oxygen atoms in total. The zero-order chi connectivity index (χ0) is 13.0. The van der Waals surface area contributed by atoms with Crippen molar-refractivity contribution in [1.29, 1.82) is 0 Å². The van der Waals surface area contributed by atoms with Gasteiger partial charge in [-0.1, -0.05) is 19.1 Å². The fourth-order valence-corrected chi connectivity index (χ4v) is 3.57. The summed E-state index contributed by atoms with van der Waals surface area (Å²) in [5.74, 6) is 0.904. The molecule has 0 saturated carbocycles. The van der Waals surface area contributed by atoms with Gasteiger partial charge in [-0.05, 0) is 24.7 Å². The highest BCUT2D eigenvalue weighted by molar-refractivity contribution is 8.00. The maximum Gasteiger partial charge on any atom is 0.118 e. The number of benzene rings is 1. The molecule has 2 unspecified atom stereocenters. The third-order valence-corrected chi connectivity index (χ3v) is 4.63. The van der Waals surface area contributed by atoms with Crippen LogP contribution in [0.4, 0.5) is 0 Å². The van der Waals surface area contributed by atoms with E-state index in [9.17, 15) is 0 Å². The lowest BCUT2D eigenvalue weighted by Crippen LogP contribution is -2.35. The summed E-state index contributed by atoms with van der Waals surface area (Å²) in [6, 6.07) is 8.66. The van der Waals surface area contributed by atoms with Gasteiger partial charge in [0.05, 0.1) is 25.6 Å². The van der Waals surface area contributed by atoms with Crippen molar-refractivity contribution in [1.82, 2.24) is 5.32 Å². The molecule has 18 heavy (non-hydrogen) atoms. The number of nitrogens with one attached hydrogen (secondary N) is 1. The van der Waals surface area contributed by atoms with Gasteiger partial charge in [0.2, 0.25) is 0 Å². The summed E-state index contributed by atoms with van der Waals surface area (Å²) in [5, 5.41) is 4.59. The Bertz CT molecular complexity index is 365. The lowest BCUT2D eigenvalue weighted by molar-refractivity contribution is 0.0452. The molecule has 0 amide bonds. The van der Waals surface area contributed by atoms with Gasteiger partial charge < -0.3 is 14.8 Å². The minimum Gasteiger partial charge on any atom is -0.497 e. The maximum absolute atomic E-state index is 5.23. The van der Waals surface area contributed by atoms with E-state index in [1.807, 2.05) is 30.9 Å². The van der Waals surface area contributed by atoms with Crippen molar-refractivity contribution in [3.63, 3.8) is 0 Å². The monoisotopic (exact) mass is 267 g/mol. The summed E-state index contributed by atoms with van der Waals surface area (Å²) >= 11 is 2.01. The molecule has 1 aromatic rings. The van der Waals surface area contributed by atoms with Crippen LogP contribution in [-0.2, 0) is 4.74 Å². The zero-order valence-corrected chi connectivity index (χ0v) is 12.0. The van der Waals surface area contributed by atoms with Crippen LogP contribution in [0, 0.1) is 0 Å². The Labute approximate surface area is 113 Å². The van der Waals surface area contributed by atoms with E-state index >= 15 is 0 Å². The van der Waals surface area contributed by atoms with Crippen molar-refractivity contribution < 1.29 is 9.47 Å². The standard InChI is InChI=1S/C14H21NO2S/c1-10(18-13-8-17-9-13)14(15-2)11-4-6-12(16-3)7-5-11/h4-7,10,13-15H,8-9H2,1-3H3. The average Bonchev–Trinajstić information content (AvgIpc) is 2.35. The highest BCUT2D eigenvalue weighted by Crippen LogP contribution is 2.32. The molecule has 1 aromatic carbocycles. The highest BCUT2D eigenvalue weighted by atomic mass is 32.2. The first-order chi connectivity index (χ1) is 8.74. The van der Waals surface area contributed by atoms with Crippen LogP contribution in [0.5, 0.6) is 5.75 Å². The van der Waals surface area contributed by atoms with Gasteiger partial charge in [0.25, 0.3) is 0 Å². The Kier molecular flexibility index (Phi) is 4.92. The van der Waals surface area contributed by atoms with Crippen LogP contribution in [0.15, 0.2) is 24.3 Å². The topological polar surface area (TPSA) is 30.5 Å². The molecule has 1 saturated heterocycles. The van der Waals surface area contributed by atoms with E-state index in [-0.39, 0.29) is 0 Å². The van der Waals surface area contributed by atoms with Gasteiger partial charge in [0, 0.05) is 11.3 Å². The molecule has 0 aliphatic carbocycles. The lowest BCUT2D eigenvalue weighted by atomic mass is 10.0. The Hall–Kier alpha value is -0.710. The van der Waals surface area contributed by atoms with E-state index in [0.717, 1.165) is 19.0 Å². The zero-order valence-electron chi connectivity index (χ0n) is 11.2. The van der Waals surface area contributed by atoms with Crippen molar-refractivity contribution in [3.8, 4) is 5.75 Å². The van der Waals surface area contributed by atoms with Crippen molar-refractivity contribution >= 4 is 11.8 Å². The van der Waals surface area contributed by atoms with Gasteiger partial charge in [-0.25, -0.2) is 0 Å². The first kappa shape index (κ1) is 13.7. The molecule has 1 fully saturated rings. The molecule has 1 aliphatic rings. The van der Waals surface area contributed by atoms with Crippen LogP contribution in [0.25, 0.3) is 0 Å². The van der Waals surface area contributed by atoms with Crippen molar-refractivity contribution in [3.05, 3.63) is 29.8 Å². The SMILES string of the molecule is CNC(c1ccc(OC)cc1)C(C)SC1COC1. The van der Waals surface area contributed by atoms with Crippen molar-refractivity contribution in [2.75, 3.05) is 27.4 Å². The van der Waals surface area contributed by atoms with Crippen LogP contribution in [0.1, 0.15) is 18.5 Å². The summed E-state index contributed by atoms with van der Waals surface area (Å²) in [6.45, 7) is 4.07. The molecular weight excluding hydrogens is 246 g/mol. The predicted octanol–water partition coefficient (Wildman–Crippen LogP) is 2.48. The van der Waals surface area contributed by atoms with Crippen molar-refractivity contribution in [2.45, 2.75) is 23.5 Å². The normalized spacial score (nSPS) is 19.1. The van der Waals surface area contributed by atoms with E-state index in [1.54, 1.807) is 7.11 Å². The highest BCUT2D eigenvalue weighted by Gasteiger charge is 2.26. The fraction of sp³-hybridized carbons (Fsp3) is 0.571. The van der Waals surface area contributed by atoms with Crippen molar-refractivity contribution in [2.24, 2.45) is 0 Å². The van der Waals surface area contributed by atoms with Gasteiger partial charge >= 0.3 is 0 Å². The lowest BCUT2D eigenvalue weighted by Gasteiger charge is -2.31. The summed E-state index contributed by atoms with van der Waals surface area (Å²) < 4.78 is 10.4. The number of hydrogen-bond acceptors (Lipinski definition) is 4. The Morgan fingerprint density at radius 2 is 2.00 bits per heavy atom. The molecule has 0 aromatic heterocycles. The second-order valence-electron chi connectivity index (χ2n) is 4.54. The van der Waals surface area contributed by atoms with E-state index in [0.29, 0.717) is 16.5 Å². The Balaban J connectivity index is 2.00. The van der Waals surface area contributed by atoms with Crippen LogP contribution < -0.4 is 10.1 Å². The first-order valence-electron chi connectivity index (χ1n) is 6.29. The van der Waals surface area contributed by atoms with Crippen LogP contribution >= 0.6 is 11.8 Å². The van der Waals surface area contributed by atoms with E-state index in [4.69, 9.17) is 9.47 Å². The minimum atomic E-state index is 0.363. The predicted molar refractivity (Wildman–Crippen MR) is 76.5 cm³/mol. The maximum atomic E-state index is 5.23. The van der Waals surface area contributed by atoms with E-state index in [1.165, 1.54) is 5.56 Å². The Morgan fingerprint density at radius 1 is 1.33 bits per heavy atom. The fourth-order valence-electron chi connectivity index (χ4n) is 2.16. The van der Waals surface area contributed by atoms with Crippen LogP contribution in [0.3, 0.4) is 0 Å². The second-order valence-corrected chi connectivity index (χ2v) is 6.22. The average molecular weight is 267 g/mol. The summed E-state index contributed by atoms with van der Waals surface area (Å²) in [7, 11) is 3.71. The third-order valence-electron chi connectivity index (χ3n) is 3.27. The van der Waals surface area contributed by atoms with Gasteiger partial charge in [-0.2, -0.15) is 0 Å². The number of thioether (sulfide) groups is 1. The first-order valence-corrected chi connectivity index (χ1v) is 7.23. The quantitative estimate of drug-likeness (QED) is 0.858. The van der Waals surface area contributed by atoms with E-state index in [2.05, 4.69) is 24.4 Å². The molecule has 4 heteroatoms. The molecule has 0 spiro atoms. The number of rotatable bonds is 6. The summed E-state index contributed by atoms with van der Waals surface area (Å²) in [4.78, 5) is 0. The van der Waals surface area contributed by atoms with Crippen LogP contribution in [-0.4, -0.2) is 37.9 Å². The number of hydrogen-bond donors (Lipinski definition) is 1. The molecule has 0 bridgehead atoms. The molecule has 1 heterocycles. The largest absolute Gasteiger partial charge is 0.497 e. The number of ether oxygens (including phenoxy) is 2. The van der Waals surface area contributed by atoms with Gasteiger partial charge in [-0.15, -0.1) is 11.8 Å². The molecule has 100 valence electrons. The molecular formula is C14H21NO2S. The van der Waals surface area contributed by atoms with Gasteiger partial charge in [0.15, 0.2) is 0 Å². The summed E-state index contributed by atoms with van der Waals surface area (Å²) in [5.41, 5.74) is 1.30. The molecule has 2 atom stereocenters. The molecule has 1 N–H and O–H groups in total. The second kappa shape index (κ2) is 6.45. The Morgan fingerprint density at radius 3 is 2.44 bits per heavy atom. The van der Waals surface area contributed by atoms with E-state index < -0.39 is 0 Å².